The van der Waals surface area contributed by atoms with Gasteiger partial charge in [0.2, 0.25) is 5.91 Å². The summed E-state index contributed by atoms with van der Waals surface area (Å²) in [5.41, 5.74) is 5.88. The Morgan fingerprint density at radius 1 is 1.22 bits per heavy atom. The Bertz CT molecular complexity index is 319. The largest absolute Gasteiger partial charge is 0.389 e. The third-order valence-corrected chi connectivity index (χ3v) is 4.07. The summed E-state index contributed by atoms with van der Waals surface area (Å²) < 4.78 is 36.2. The molecular weight excluding hydrogens is 245 g/mol. The molecule has 0 bridgehead atoms. The highest BCUT2D eigenvalue weighted by molar-refractivity contribution is 5.76. The molecule has 2 aliphatic rings. The number of nitrogens with zero attached hydrogens (tertiary/aromatic N) is 1. The predicted octanol–water partition coefficient (Wildman–Crippen LogP) is 1.91. The van der Waals surface area contributed by atoms with Crippen LogP contribution in [0.5, 0.6) is 0 Å². The van der Waals surface area contributed by atoms with Crippen LogP contribution in [0.25, 0.3) is 0 Å². The van der Waals surface area contributed by atoms with E-state index in [1.165, 1.54) is 0 Å². The van der Waals surface area contributed by atoms with Crippen molar-refractivity contribution in [3.05, 3.63) is 0 Å². The van der Waals surface area contributed by atoms with E-state index in [-0.39, 0.29) is 11.9 Å². The molecule has 1 aliphatic carbocycles. The molecule has 1 saturated heterocycles. The second-order valence-electron chi connectivity index (χ2n) is 5.51. The molecule has 2 rings (SSSR count). The van der Waals surface area contributed by atoms with Crippen molar-refractivity contribution in [1.82, 2.24) is 4.90 Å². The zero-order chi connectivity index (χ0) is 13.3. The summed E-state index contributed by atoms with van der Waals surface area (Å²) in [6.45, 7) is 1.21. The SMILES string of the molecule is NC1CC[C@@H]2CN(C(=O)CCC(F)(F)F)C[C@@H]2C1. The number of fused-ring (bicyclic) bond motifs is 1. The van der Waals surface area contributed by atoms with Crippen molar-refractivity contribution in [2.45, 2.75) is 44.3 Å². The van der Waals surface area contributed by atoms with Crippen LogP contribution in [0.2, 0.25) is 0 Å². The maximum atomic E-state index is 12.1. The van der Waals surface area contributed by atoms with Crippen molar-refractivity contribution < 1.29 is 18.0 Å². The van der Waals surface area contributed by atoms with Gasteiger partial charge in [-0.1, -0.05) is 0 Å². The van der Waals surface area contributed by atoms with Crippen molar-refractivity contribution in [2.24, 2.45) is 17.6 Å². The smallest absolute Gasteiger partial charge is 0.342 e. The minimum absolute atomic E-state index is 0.191. The highest BCUT2D eigenvalue weighted by Gasteiger charge is 2.39. The highest BCUT2D eigenvalue weighted by atomic mass is 19.4. The Balaban J connectivity index is 1.83. The van der Waals surface area contributed by atoms with E-state index in [1.54, 1.807) is 4.90 Å². The summed E-state index contributed by atoms with van der Waals surface area (Å²) in [7, 11) is 0. The topological polar surface area (TPSA) is 46.3 Å². The number of halogens is 3. The lowest BCUT2D eigenvalue weighted by molar-refractivity contribution is -0.148. The third-order valence-electron chi connectivity index (χ3n) is 4.07. The lowest BCUT2D eigenvalue weighted by Gasteiger charge is -2.27. The number of amides is 1. The standard InChI is InChI=1S/C12H19F3N2O/c13-12(14,15)4-3-11(18)17-6-8-1-2-10(16)5-9(8)7-17/h8-10H,1-7,16H2/t8-,9+,10?/m1/s1. The van der Waals surface area contributed by atoms with Gasteiger partial charge >= 0.3 is 6.18 Å². The second kappa shape index (κ2) is 5.07. The van der Waals surface area contributed by atoms with Crippen LogP contribution in [-0.2, 0) is 4.79 Å². The molecule has 2 fully saturated rings. The molecule has 3 atom stereocenters. The van der Waals surface area contributed by atoms with Crippen molar-refractivity contribution >= 4 is 5.91 Å². The molecule has 0 aromatic carbocycles. The fourth-order valence-electron chi connectivity index (χ4n) is 3.08. The minimum Gasteiger partial charge on any atom is -0.342 e. The molecule has 0 radical (unpaired) electrons. The van der Waals surface area contributed by atoms with Gasteiger partial charge in [0.05, 0.1) is 6.42 Å². The van der Waals surface area contributed by atoms with Crippen LogP contribution in [0.15, 0.2) is 0 Å². The second-order valence-corrected chi connectivity index (χ2v) is 5.51. The summed E-state index contributed by atoms with van der Waals surface area (Å²) >= 11 is 0. The Hall–Kier alpha value is -0.780. The van der Waals surface area contributed by atoms with E-state index in [2.05, 4.69) is 0 Å². The normalized spacial score (nSPS) is 32.4. The molecule has 1 amide bonds. The number of carbonyl (C=O) groups excluding carboxylic acids is 1. The van der Waals surface area contributed by atoms with E-state index in [4.69, 9.17) is 5.73 Å². The van der Waals surface area contributed by atoms with E-state index >= 15 is 0 Å². The van der Waals surface area contributed by atoms with Gasteiger partial charge in [0.15, 0.2) is 0 Å². The van der Waals surface area contributed by atoms with Crippen molar-refractivity contribution in [2.75, 3.05) is 13.1 Å². The van der Waals surface area contributed by atoms with E-state index in [1.807, 2.05) is 0 Å². The molecule has 1 aliphatic heterocycles. The fraction of sp³-hybridized carbons (Fsp3) is 0.917. The minimum atomic E-state index is -4.25. The number of likely N-dealkylation sites (tertiary alicyclic amines) is 1. The Labute approximate surface area is 104 Å². The summed E-state index contributed by atoms with van der Waals surface area (Å²) in [5, 5.41) is 0. The molecular formula is C12H19F3N2O. The molecule has 3 nitrogen and oxygen atoms in total. The lowest BCUT2D eigenvalue weighted by Crippen LogP contribution is -2.32. The molecule has 1 saturated carbocycles. The maximum absolute atomic E-state index is 12.1. The van der Waals surface area contributed by atoms with Crippen molar-refractivity contribution in [3.63, 3.8) is 0 Å². The Kier molecular flexibility index (Phi) is 3.84. The molecule has 0 aromatic heterocycles. The third kappa shape index (κ3) is 3.37. The zero-order valence-corrected chi connectivity index (χ0v) is 10.2. The van der Waals surface area contributed by atoms with Crippen LogP contribution in [0.4, 0.5) is 13.2 Å². The van der Waals surface area contributed by atoms with Crippen LogP contribution in [0, 0.1) is 11.8 Å². The lowest BCUT2D eigenvalue weighted by atomic mass is 9.79. The molecule has 1 heterocycles. The highest BCUT2D eigenvalue weighted by Crippen LogP contribution is 2.36. The number of rotatable bonds is 2. The number of hydrogen-bond donors (Lipinski definition) is 1. The van der Waals surface area contributed by atoms with Crippen LogP contribution in [0.1, 0.15) is 32.1 Å². The Morgan fingerprint density at radius 2 is 1.89 bits per heavy atom. The van der Waals surface area contributed by atoms with E-state index in [0.717, 1.165) is 19.3 Å². The van der Waals surface area contributed by atoms with E-state index in [9.17, 15) is 18.0 Å². The van der Waals surface area contributed by atoms with Gasteiger partial charge in [-0.2, -0.15) is 13.2 Å². The van der Waals surface area contributed by atoms with Gasteiger partial charge in [-0.25, -0.2) is 0 Å². The number of carbonyl (C=O) groups is 1. The first kappa shape index (κ1) is 13.6. The van der Waals surface area contributed by atoms with Gasteiger partial charge in [-0.15, -0.1) is 0 Å². The monoisotopic (exact) mass is 264 g/mol. The predicted molar refractivity (Wildman–Crippen MR) is 60.7 cm³/mol. The first-order chi connectivity index (χ1) is 8.35. The molecule has 0 spiro atoms. The van der Waals surface area contributed by atoms with E-state index < -0.39 is 19.0 Å². The maximum Gasteiger partial charge on any atom is 0.389 e. The van der Waals surface area contributed by atoms with Crippen LogP contribution in [-0.4, -0.2) is 36.1 Å². The Morgan fingerprint density at radius 3 is 2.56 bits per heavy atom. The molecule has 2 N–H and O–H groups in total. The zero-order valence-electron chi connectivity index (χ0n) is 10.2. The first-order valence-corrected chi connectivity index (χ1v) is 6.45. The van der Waals surface area contributed by atoms with Gasteiger partial charge in [-0.05, 0) is 31.1 Å². The quantitative estimate of drug-likeness (QED) is 0.828. The summed E-state index contributed by atoms with van der Waals surface area (Å²) in [4.78, 5) is 13.3. The summed E-state index contributed by atoms with van der Waals surface area (Å²) in [5.74, 6) is 0.471. The van der Waals surface area contributed by atoms with Gasteiger partial charge in [-0.3, -0.25) is 4.79 Å². The van der Waals surface area contributed by atoms with Crippen LogP contribution in [0.3, 0.4) is 0 Å². The number of nitrogens with two attached hydrogens (primary N) is 1. The number of hydrogen-bond acceptors (Lipinski definition) is 2. The average Bonchev–Trinajstić information content (AvgIpc) is 2.67. The molecule has 0 aromatic rings. The van der Waals surface area contributed by atoms with Crippen molar-refractivity contribution in [1.29, 1.82) is 0 Å². The van der Waals surface area contributed by atoms with Crippen molar-refractivity contribution in [3.8, 4) is 0 Å². The molecule has 6 heteroatoms. The van der Waals surface area contributed by atoms with E-state index in [0.29, 0.717) is 24.9 Å². The van der Waals surface area contributed by atoms with Gasteiger partial charge in [0.25, 0.3) is 0 Å². The van der Waals surface area contributed by atoms with Gasteiger partial charge in [0.1, 0.15) is 0 Å². The fourth-order valence-corrected chi connectivity index (χ4v) is 3.08. The van der Waals surface area contributed by atoms with Gasteiger partial charge in [0, 0.05) is 25.6 Å². The first-order valence-electron chi connectivity index (χ1n) is 6.45. The number of alkyl halides is 3. The average molecular weight is 264 g/mol. The molecule has 104 valence electrons. The molecule has 18 heavy (non-hydrogen) atoms. The summed E-state index contributed by atoms with van der Waals surface area (Å²) in [6.07, 6.45) is -2.83. The van der Waals surface area contributed by atoms with Gasteiger partial charge < -0.3 is 10.6 Å². The van der Waals surface area contributed by atoms with Crippen LogP contribution >= 0.6 is 0 Å². The summed E-state index contributed by atoms with van der Waals surface area (Å²) in [6, 6.07) is 0.191. The molecule has 1 unspecified atom stereocenters. The van der Waals surface area contributed by atoms with Crippen LogP contribution < -0.4 is 5.73 Å².